The van der Waals surface area contributed by atoms with Crippen LogP contribution in [0.1, 0.15) is 18.4 Å². The van der Waals surface area contributed by atoms with Crippen LogP contribution in [0.5, 0.6) is 0 Å². The van der Waals surface area contributed by atoms with E-state index in [0.717, 1.165) is 63.0 Å². The monoisotopic (exact) mass is 249 g/mol. The number of piperazine rings is 1. The molecule has 5 nitrogen and oxygen atoms in total. The summed E-state index contributed by atoms with van der Waals surface area (Å²) in [6, 6.07) is 2.12. The summed E-state index contributed by atoms with van der Waals surface area (Å²) >= 11 is 0. The van der Waals surface area contributed by atoms with E-state index in [0.29, 0.717) is 0 Å². The fourth-order valence-corrected chi connectivity index (χ4v) is 2.34. The summed E-state index contributed by atoms with van der Waals surface area (Å²) in [7, 11) is 0. The number of aryl methyl sites for hydroxylation is 2. The molecule has 1 aliphatic heterocycles. The molecule has 2 rings (SSSR count). The third-order valence-corrected chi connectivity index (χ3v) is 3.38. The van der Waals surface area contributed by atoms with E-state index in [1.807, 2.05) is 6.92 Å². The predicted octanol–water partition coefficient (Wildman–Crippen LogP) is 0.428. The van der Waals surface area contributed by atoms with Crippen LogP contribution in [0.3, 0.4) is 0 Å². The molecule has 1 aromatic rings. The fourth-order valence-electron chi connectivity index (χ4n) is 2.34. The highest BCUT2D eigenvalue weighted by Crippen LogP contribution is 2.15. The topological polar surface area (TPSA) is 58.3 Å². The Morgan fingerprint density at radius 3 is 2.56 bits per heavy atom. The van der Waals surface area contributed by atoms with E-state index in [1.165, 1.54) is 0 Å². The van der Waals surface area contributed by atoms with E-state index in [2.05, 4.69) is 32.8 Å². The van der Waals surface area contributed by atoms with Crippen LogP contribution >= 0.6 is 0 Å². The van der Waals surface area contributed by atoms with Gasteiger partial charge in [0, 0.05) is 51.0 Å². The molecule has 1 aromatic heterocycles. The molecule has 0 radical (unpaired) electrons. The summed E-state index contributed by atoms with van der Waals surface area (Å²) in [5, 5.41) is 0. The van der Waals surface area contributed by atoms with Crippen molar-refractivity contribution in [2.45, 2.75) is 20.3 Å². The van der Waals surface area contributed by atoms with Gasteiger partial charge in [-0.15, -0.1) is 0 Å². The number of rotatable bonds is 4. The number of anilines is 1. The third kappa shape index (κ3) is 3.17. The summed E-state index contributed by atoms with van der Waals surface area (Å²) < 4.78 is 0. The minimum atomic E-state index is 0.743. The van der Waals surface area contributed by atoms with Crippen molar-refractivity contribution < 1.29 is 0 Å². The Hall–Kier alpha value is -1.20. The Morgan fingerprint density at radius 1 is 1.22 bits per heavy atom. The normalized spacial score (nSPS) is 17.2. The molecule has 18 heavy (non-hydrogen) atoms. The first-order valence-electron chi connectivity index (χ1n) is 6.75. The van der Waals surface area contributed by atoms with Gasteiger partial charge in [-0.25, -0.2) is 9.97 Å². The summed E-state index contributed by atoms with van der Waals surface area (Å²) in [5.74, 6) is 1.94. The average Bonchev–Trinajstić information content (AvgIpc) is 2.39. The zero-order valence-corrected chi connectivity index (χ0v) is 11.4. The molecule has 1 fully saturated rings. The van der Waals surface area contributed by atoms with Crippen molar-refractivity contribution in [3.8, 4) is 0 Å². The lowest BCUT2D eigenvalue weighted by atomic mass is 10.2. The molecule has 0 atom stereocenters. The van der Waals surface area contributed by atoms with Crippen molar-refractivity contribution in [2.75, 3.05) is 44.2 Å². The summed E-state index contributed by atoms with van der Waals surface area (Å²) in [6.07, 6.45) is 0.962. The van der Waals surface area contributed by atoms with E-state index in [4.69, 9.17) is 5.73 Å². The molecule has 100 valence electrons. The van der Waals surface area contributed by atoms with Crippen molar-refractivity contribution in [3.05, 3.63) is 17.6 Å². The standard InChI is InChI=1S/C13H23N5/c1-3-12-10-13(16-11(2)15-12)18-8-6-17(5-4-14)7-9-18/h10H,3-9,14H2,1-2H3. The van der Waals surface area contributed by atoms with Crippen LogP contribution in [0.15, 0.2) is 6.07 Å². The molecule has 0 amide bonds. The van der Waals surface area contributed by atoms with Crippen LogP contribution in [0.4, 0.5) is 5.82 Å². The molecule has 0 unspecified atom stereocenters. The predicted molar refractivity (Wildman–Crippen MR) is 73.9 cm³/mol. The lowest BCUT2D eigenvalue weighted by Crippen LogP contribution is -2.48. The molecular weight excluding hydrogens is 226 g/mol. The maximum atomic E-state index is 5.59. The minimum Gasteiger partial charge on any atom is -0.354 e. The summed E-state index contributed by atoms with van der Waals surface area (Å²) in [4.78, 5) is 13.7. The van der Waals surface area contributed by atoms with Gasteiger partial charge in [-0.3, -0.25) is 4.90 Å². The van der Waals surface area contributed by atoms with E-state index < -0.39 is 0 Å². The van der Waals surface area contributed by atoms with E-state index in [-0.39, 0.29) is 0 Å². The lowest BCUT2D eigenvalue weighted by molar-refractivity contribution is 0.264. The molecular formula is C13H23N5. The summed E-state index contributed by atoms with van der Waals surface area (Å²) in [5.41, 5.74) is 6.71. The second-order valence-electron chi connectivity index (χ2n) is 4.74. The first-order chi connectivity index (χ1) is 8.72. The molecule has 2 N–H and O–H groups in total. The fraction of sp³-hybridized carbons (Fsp3) is 0.692. The Bertz CT molecular complexity index is 385. The Kier molecular flexibility index (Phi) is 4.49. The van der Waals surface area contributed by atoms with E-state index in [1.54, 1.807) is 0 Å². The van der Waals surface area contributed by atoms with Gasteiger partial charge in [0.15, 0.2) is 0 Å². The number of hydrogen-bond acceptors (Lipinski definition) is 5. The van der Waals surface area contributed by atoms with Gasteiger partial charge in [0.25, 0.3) is 0 Å². The highest BCUT2D eigenvalue weighted by atomic mass is 15.3. The van der Waals surface area contributed by atoms with Gasteiger partial charge in [0.1, 0.15) is 11.6 Å². The molecule has 0 saturated carbocycles. The average molecular weight is 249 g/mol. The highest BCUT2D eigenvalue weighted by Gasteiger charge is 2.18. The largest absolute Gasteiger partial charge is 0.354 e. The van der Waals surface area contributed by atoms with Crippen LogP contribution in [-0.4, -0.2) is 54.1 Å². The number of nitrogens with two attached hydrogens (primary N) is 1. The minimum absolute atomic E-state index is 0.743. The summed E-state index contributed by atoms with van der Waals surface area (Å²) in [6.45, 7) is 10.0. The van der Waals surface area contributed by atoms with Crippen LogP contribution in [0, 0.1) is 6.92 Å². The van der Waals surface area contributed by atoms with Crippen molar-refractivity contribution in [1.29, 1.82) is 0 Å². The molecule has 1 aliphatic rings. The van der Waals surface area contributed by atoms with Crippen LogP contribution in [-0.2, 0) is 6.42 Å². The molecule has 5 heteroatoms. The quantitative estimate of drug-likeness (QED) is 0.838. The number of hydrogen-bond donors (Lipinski definition) is 1. The second kappa shape index (κ2) is 6.11. The second-order valence-corrected chi connectivity index (χ2v) is 4.74. The smallest absolute Gasteiger partial charge is 0.132 e. The van der Waals surface area contributed by atoms with Crippen molar-refractivity contribution in [1.82, 2.24) is 14.9 Å². The van der Waals surface area contributed by atoms with Crippen molar-refractivity contribution in [3.63, 3.8) is 0 Å². The molecule has 1 saturated heterocycles. The highest BCUT2D eigenvalue weighted by molar-refractivity contribution is 5.40. The molecule has 2 heterocycles. The van der Waals surface area contributed by atoms with Gasteiger partial charge in [-0.2, -0.15) is 0 Å². The molecule has 0 spiro atoms. The zero-order chi connectivity index (χ0) is 13.0. The first-order valence-corrected chi connectivity index (χ1v) is 6.75. The zero-order valence-electron chi connectivity index (χ0n) is 11.4. The third-order valence-electron chi connectivity index (χ3n) is 3.38. The van der Waals surface area contributed by atoms with Gasteiger partial charge < -0.3 is 10.6 Å². The Balaban J connectivity index is 2.02. The number of nitrogens with zero attached hydrogens (tertiary/aromatic N) is 4. The molecule has 0 bridgehead atoms. The van der Waals surface area contributed by atoms with Crippen LogP contribution in [0.25, 0.3) is 0 Å². The van der Waals surface area contributed by atoms with Gasteiger partial charge in [0.05, 0.1) is 0 Å². The maximum absolute atomic E-state index is 5.59. The number of aromatic nitrogens is 2. The lowest BCUT2D eigenvalue weighted by Gasteiger charge is -2.35. The van der Waals surface area contributed by atoms with E-state index >= 15 is 0 Å². The maximum Gasteiger partial charge on any atom is 0.132 e. The van der Waals surface area contributed by atoms with Gasteiger partial charge >= 0.3 is 0 Å². The molecule has 0 aromatic carbocycles. The van der Waals surface area contributed by atoms with Crippen molar-refractivity contribution >= 4 is 5.82 Å². The van der Waals surface area contributed by atoms with Gasteiger partial charge in [0.2, 0.25) is 0 Å². The van der Waals surface area contributed by atoms with Crippen molar-refractivity contribution in [2.24, 2.45) is 5.73 Å². The first kappa shape index (κ1) is 13.2. The van der Waals surface area contributed by atoms with Gasteiger partial charge in [-0.05, 0) is 13.3 Å². The van der Waals surface area contributed by atoms with Gasteiger partial charge in [-0.1, -0.05) is 6.92 Å². The van der Waals surface area contributed by atoms with Crippen LogP contribution in [0.2, 0.25) is 0 Å². The van der Waals surface area contributed by atoms with Crippen LogP contribution < -0.4 is 10.6 Å². The van der Waals surface area contributed by atoms with E-state index in [9.17, 15) is 0 Å². The Morgan fingerprint density at radius 2 is 1.94 bits per heavy atom. The Labute approximate surface area is 109 Å². The SMILES string of the molecule is CCc1cc(N2CCN(CCN)CC2)nc(C)n1. The molecule has 0 aliphatic carbocycles.